The number of nitrogens with one attached hydrogen (secondary N) is 2. The molecule has 0 unspecified atom stereocenters. The number of carbonyl (C=O) groups is 2. The first-order valence-electron chi connectivity index (χ1n) is 15.5. The summed E-state index contributed by atoms with van der Waals surface area (Å²) in [6.45, 7) is 0. The van der Waals surface area contributed by atoms with Crippen molar-refractivity contribution in [2.24, 2.45) is 5.92 Å². The van der Waals surface area contributed by atoms with Crippen LogP contribution in [0.3, 0.4) is 0 Å². The number of rotatable bonds is 12. The van der Waals surface area contributed by atoms with E-state index in [9.17, 15) is 24.2 Å². The molecule has 1 aliphatic rings. The third-order valence-corrected chi connectivity index (χ3v) is 8.39. The van der Waals surface area contributed by atoms with Crippen molar-refractivity contribution in [3.8, 4) is 17.2 Å². The maximum atomic E-state index is 13.6. The Labute approximate surface area is 263 Å². The van der Waals surface area contributed by atoms with Gasteiger partial charge in [0.05, 0.1) is 17.7 Å². The van der Waals surface area contributed by atoms with Gasteiger partial charge < -0.3 is 25.6 Å². The van der Waals surface area contributed by atoms with Gasteiger partial charge in [-0.1, -0.05) is 73.9 Å². The number of amides is 2. The molecule has 0 bridgehead atoms. The number of carbonyl (C=O) groups excluding carboxylic acids is 2. The molecule has 0 radical (unpaired) electrons. The lowest BCUT2D eigenvalue weighted by Crippen LogP contribution is -2.50. The number of hydrogen-bond donors (Lipinski definition) is 4. The van der Waals surface area contributed by atoms with Gasteiger partial charge in [0.2, 0.25) is 0 Å². The minimum Gasteiger partial charge on any atom is -0.507 e. The molecule has 0 heterocycles. The van der Waals surface area contributed by atoms with Crippen LogP contribution in [-0.4, -0.2) is 40.2 Å². The van der Waals surface area contributed by atoms with E-state index in [0.29, 0.717) is 23.5 Å². The summed E-state index contributed by atoms with van der Waals surface area (Å²) in [6.07, 6.45) is 4.57. The van der Waals surface area contributed by atoms with E-state index in [-0.39, 0.29) is 29.9 Å². The Hall–Kier alpha value is -4.69. The molecule has 234 valence electrons. The van der Waals surface area contributed by atoms with Gasteiger partial charge in [0.25, 0.3) is 11.8 Å². The van der Waals surface area contributed by atoms with E-state index in [1.54, 1.807) is 24.3 Å². The molecule has 0 saturated heterocycles. The van der Waals surface area contributed by atoms with Crippen LogP contribution >= 0.6 is 0 Å². The molecule has 45 heavy (non-hydrogen) atoms. The summed E-state index contributed by atoms with van der Waals surface area (Å²) in [5.41, 5.74) is 1.26. The summed E-state index contributed by atoms with van der Waals surface area (Å²) in [5, 5.41) is 27.9. The molecule has 4 aromatic carbocycles. The molecule has 3 atom stereocenters. The fourth-order valence-electron chi connectivity index (χ4n) is 6.00. The number of aliphatic hydroxyl groups is 1. The second kappa shape index (κ2) is 15.3. The molecule has 4 aromatic rings. The predicted molar refractivity (Wildman–Crippen MR) is 171 cm³/mol. The smallest absolute Gasteiger partial charge is 0.255 e. The first-order valence-corrected chi connectivity index (χ1v) is 15.5. The Bertz CT molecular complexity index is 1560. The lowest BCUT2D eigenvalue weighted by molar-refractivity contribution is 0.0688. The first-order chi connectivity index (χ1) is 21.9. The summed E-state index contributed by atoms with van der Waals surface area (Å²) >= 11 is 0. The molecule has 0 spiro atoms. The number of hydrogen-bond acceptors (Lipinski definition) is 5. The molecular formula is C37H39FN2O5. The van der Waals surface area contributed by atoms with Crippen LogP contribution in [0.15, 0.2) is 103 Å². The largest absolute Gasteiger partial charge is 0.507 e. The molecule has 1 fully saturated rings. The zero-order valence-corrected chi connectivity index (χ0v) is 25.1. The van der Waals surface area contributed by atoms with E-state index in [1.807, 2.05) is 60.7 Å². The Morgan fingerprint density at radius 3 is 2.20 bits per heavy atom. The summed E-state index contributed by atoms with van der Waals surface area (Å²) < 4.78 is 19.5. The first kappa shape index (κ1) is 31.7. The van der Waals surface area contributed by atoms with Crippen molar-refractivity contribution in [2.45, 2.75) is 63.1 Å². The molecule has 0 aliphatic heterocycles. The third-order valence-electron chi connectivity index (χ3n) is 8.39. The van der Waals surface area contributed by atoms with Crippen molar-refractivity contribution < 1.29 is 28.9 Å². The standard InChI is InChI=1S/C37H39FN2O5/c38-28-19-20-31(34(41)23-28)37(44)40-33(21-25-11-4-1-5-12-25)35(42)24-32(26-13-6-2-7-14-26)39-36(43)27-15-10-18-30(22-27)45-29-16-8-3-9-17-29/h1,3-5,8-12,15-20,22-23,26,32-33,35,41-42H,2,6-7,13-14,21,24H2,(H,39,43)(H,40,44)/t32-,33+,35+/m1/s1. The number of benzene rings is 4. The normalized spacial score (nSPS) is 15.4. The average Bonchev–Trinajstić information content (AvgIpc) is 3.05. The highest BCUT2D eigenvalue weighted by molar-refractivity contribution is 5.97. The van der Waals surface area contributed by atoms with E-state index in [2.05, 4.69) is 10.6 Å². The van der Waals surface area contributed by atoms with Crippen LogP contribution in [-0.2, 0) is 6.42 Å². The Kier molecular flexibility index (Phi) is 10.8. The van der Waals surface area contributed by atoms with Crippen LogP contribution in [0.5, 0.6) is 17.2 Å². The summed E-state index contributed by atoms with van der Waals surface area (Å²) in [5.74, 6) is -0.664. The molecule has 2 amide bonds. The van der Waals surface area contributed by atoms with Crippen molar-refractivity contribution >= 4 is 11.8 Å². The number of phenolic OH excluding ortho intramolecular Hbond substituents is 1. The molecule has 5 rings (SSSR count). The zero-order valence-electron chi connectivity index (χ0n) is 25.1. The van der Waals surface area contributed by atoms with E-state index in [0.717, 1.165) is 49.8 Å². The fourth-order valence-corrected chi connectivity index (χ4v) is 6.00. The highest BCUT2D eigenvalue weighted by Gasteiger charge is 2.32. The van der Waals surface area contributed by atoms with Crippen molar-refractivity contribution in [2.75, 3.05) is 0 Å². The minimum atomic E-state index is -1.03. The van der Waals surface area contributed by atoms with Gasteiger partial charge in [-0.2, -0.15) is 0 Å². The minimum absolute atomic E-state index is 0.0867. The molecule has 1 saturated carbocycles. The van der Waals surface area contributed by atoms with Gasteiger partial charge in [-0.15, -0.1) is 0 Å². The van der Waals surface area contributed by atoms with Crippen LogP contribution < -0.4 is 15.4 Å². The summed E-state index contributed by atoms with van der Waals surface area (Å²) in [7, 11) is 0. The number of halogens is 1. The van der Waals surface area contributed by atoms with Crippen LogP contribution in [0.25, 0.3) is 0 Å². The van der Waals surface area contributed by atoms with E-state index in [4.69, 9.17) is 4.74 Å². The SMILES string of the molecule is O=C(N[C@H](C[C@H](O)[C@H](Cc1ccccc1)NC(=O)c1ccc(F)cc1O)C1CCCCC1)c1cccc(Oc2ccccc2)c1. The fraction of sp³-hybridized carbons (Fsp3) is 0.297. The predicted octanol–water partition coefficient (Wildman–Crippen LogP) is 6.79. The van der Waals surface area contributed by atoms with Crippen molar-refractivity contribution in [3.63, 3.8) is 0 Å². The van der Waals surface area contributed by atoms with E-state index < -0.39 is 29.6 Å². The van der Waals surface area contributed by atoms with Crippen molar-refractivity contribution in [1.29, 1.82) is 0 Å². The van der Waals surface area contributed by atoms with Gasteiger partial charge in [-0.05, 0) is 79.6 Å². The molecule has 0 aromatic heterocycles. The number of aromatic hydroxyl groups is 1. The summed E-state index contributed by atoms with van der Waals surface area (Å²) in [6, 6.07) is 27.9. The monoisotopic (exact) mass is 610 g/mol. The average molecular weight is 611 g/mol. The number of phenols is 1. The molecule has 8 heteroatoms. The highest BCUT2D eigenvalue weighted by Crippen LogP contribution is 2.30. The summed E-state index contributed by atoms with van der Waals surface area (Å²) in [4.78, 5) is 26.8. The lowest BCUT2D eigenvalue weighted by atomic mass is 9.80. The number of aliphatic hydroxyl groups excluding tert-OH is 1. The highest BCUT2D eigenvalue weighted by atomic mass is 19.1. The van der Waals surface area contributed by atoms with Gasteiger partial charge in [0.1, 0.15) is 23.1 Å². The van der Waals surface area contributed by atoms with E-state index >= 15 is 0 Å². The van der Waals surface area contributed by atoms with E-state index in [1.165, 1.54) is 6.07 Å². The Morgan fingerprint density at radius 1 is 0.800 bits per heavy atom. The third kappa shape index (κ3) is 8.92. The van der Waals surface area contributed by atoms with Gasteiger partial charge >= 0.3 is 0 Å². The van der Waals surface area contributed by atoms with Crippen LogP contribution in [0.2, 0.25) is 0 Å². The second-order valence-corrected chi connectivity index (χ2v) is 11.7. The van der Waals surface area contributed by atoms with Crippen molar-refractivity contribution in [3.05, 3.63) is 126 Å². The van der Waals surface area contributed by atoms with Crippen molar-refractivity contribution in [1.82, 2.24) is 10.6 Å². The van der Waals surface area contributed by atoms with Gasteiger partial charge in [-0.25, -0.2) is 4.39 Å². The number of para-hydroxylation sites is 1. The van der Waals surface area contributed by atoms with Crippen LogP contribution in [0.4, 0.5) is 4.39 Å². The Morgan fingerprint density at radius 2 is 1.49 bits per heavy atom. The zero-order chi connectivity index (χ0) is 31.6. The van der Waals surface area contributed by atoms with Gasteiger partial charge in [0, 0.05) is 17.7 Å². The molecule has 7 nitrogen and oxygen atoms in total. The number of ether oxygens (including phenoxy) is 1. The van der Waals surface area contributed by atoms with Crippen LogP contribution in [0.1, 0.15) is 64.8 Å². The lowest BCUT2D eigenvalue weighted by Gasteiger charge is -2.34. The molecule has 4 N–H and O–H groups in total. The van der Waals surface area contributed by atoms with Crippen LogP contribution in [0, 0.1) is 11.7 Å². The topological polar surface area (TPSA) is 108 Å². The second-order valence-electron chi connectivity index (χ2n) is 11.7. The molecular weight excluding hydrogens is 571 g/mol. The maximum absolute atomic E-state index is 13.6. The quantitative estimate of drug-likeness (QED) is 0.141. The Balaban J connectivity index is 1.34. The van der Waals surface area contributed by atoms with Gasteiger partial charge in [-0.3, -0.25) is 9.59 Å². The molecule has 1 aliphatic carbocycles. The van der Waals surface area contributed by atoms with Gasteiger partial charge in [0.15, 0.2) is 0 Å². The maximum Gasteiger partial charge on any atom is 0.255 e.